The van der Waals surface area contributed by atoms with Crippen LogP contribution in [0.15, 0.2) is 42.5 Å². The first kappa shape index (κ1) is 22.4. The predicted octanol–water partition coefficient (Wildman–Crippen LogP) is 7.66. The molecular formula is C22H21F7O. The van der Waals surface area contributed by atoms with Gasteiger partial charge in [-0.3, -0.25) is 0 Å². The maximum atomic E-state index is 14.7. The highest BCUT2D eigenvalue weighted by atomic mass is 19.4. The summed E-state index contributed by atoms with van der Waals surface area (Å²) >= 11 is 0. The third-order valence-corrected chi connectivity index (χ3v) is 5.48. The van der Waals surface area contributed by atoms with E-state index in [4.69, 9.17) is 0 Å². The first-order valence-corrected chi connectivity index (χ1v) is 9.65. The van der Waals surface area contributed by atoms with Crippen molar-refractivity contribution in [2.24, 2.45) is 5.92 Å². The summed E-state index contributed by atoms with van der Waals surface area (Å²) in [5, 5.41) is 0. The number of ether oxygens (including phenoxy) is 1. The third-order valence-electron chi connectivity index (χ3n) is 5.48. The topological polar surface area (TPSA) is 9.23 Å². The average Bonchev–Trinajstić information content (AvgIpc) is 2.68. The van der Waals surface area contributed by atoms with E-state index < -0.39 is 30.0 Å². The summed E-state index contributed by atoms with van der Waals surface area (Å²) in [5.41, 5.74) is 1.46. The van der Waals surface area contributed by atoms with Crippen molar-refractivity contribution in [2.75, 3.05) is 0 Å². The van der Waals surface area contributed by atoms with Crippen LogP contribution in [0.5, 0.6) is 5.75 Å². The SMILES string of the molecule is CC1CCC(c2ccc(-c3ccc(OC(F)(F)C(F)C(F)(F)F)cc3)c(F)c2)CC1. The van der Waals surface area contributed by atoms with Crippen molar-refractivity contribution in [3.8, 4) is 16.9 Å². The Morgan fingerprint density at radius 3 is 2.03 bits per heavy atom. The molecule has 0 spiro atoms. The molecule has 0 amide bonds. The van der Waals surface area contributed by atoms with Gasteiger partial charge in [-0.1, -0.05) is 44.0 Å². The molecule has 0 aromatic heterocycles. The highest BCUT2D eigenvalue weighted by Gasteiger charge is 2.59. The van der Waals surface area contributed by atoms with Crippen LogP contribution < -0.4 is 4.74 Å². The molecule has 1 atom stereocenters. The Bertz CT molecular complexity index is 853. The maximum Gasteiger partial charge on any atom is 0.439 e. The van der Waals surface area contributed by atoms with Gasteiger partial charge in [0.15, 0.2) is 0 Å². The minimum absolute atomic E-state index is 0.222. The van der Waals surface area contributed by atoms with Crippen LogP contribution in [0.4, 0.5) is 30.7 Å². The molecule has 0 saturated heterocycles. The van der Waals surface area contributed by atoms with Crippen LogP contribution in [0.3, 0.4) is 0 Å². The molecule has 1 unspecified atom stereocenters. The summed E-state index contributed by atoms with van der Waals surface area (Å²) in [7, 11) is 0. The summed E-state index contributed by atoms with van der Waals surface area (Å²) in [6.07, 6.45) is -11.1. The van der Waals surface area contributed by atoms with Gasteiger partial charge in [-0.25, -0.2) is 8.78 Å². The number of rotatable bonds is 5. The molecule has 2 aromatic carbocycles. The van der Waals surface area contributed by atoms with Crippen LogP contribution in [0, 0.1) is 11.7 Å². The smallest absolute Gasteiger partial charge is 0.430 e. The van der Waals surface area contributed by atoms with Crippen LogP contribution in [0.25, 0.3) is 11.1 Å². The van der Waals surface area contributed by atoms with Crippen LogP contribution in [-0.2, 0) is 0 Å². The van der Waals surface area contributed by atoms with Gasteiger partial charge in [-0.15, -0.1) is 0 Å². The summed E-state index contributed by atoms with van der Waals surface area (Å²) in [6.45, 7) is 2.19. The molecule has 1 nitrogen and oxygen atoms in total. The Hall–Kier alpha value is -2.25. The first-order valence-electron chi connectivity index (χ1n) is 9.65. The van der Waals surface area contributed by atoms with Crippen LogP contribution >= 0.6 is 0 Å². The molecular weight excluding hydrogens is 413 g/mol. The van der Waals surface area contributed by atoms with Crippen molar-refractivity contribution in [1.29, 1.82) is 0 Å². The average molecular weight is 434 g/mol. The summed E-state index contributed by atoms with van der Waals surface area (Å²) in [5.74, 6) is -0.178. The standard InChI is InChI=1S/C22H21F7O/c1-13-2-4-14(5-3-13)16-8-11-18(19(23)12-16)15-6-9-17(10-7-15)30-22(28,29)20(24)21(25,26)27/h6-14,20H,2-5H2,1H3. The first-order chi connectivity index (χ1) is 14.0. The second-order valence-electron chi connectivity index (χ2n) is 7.79. The minimum Gasteiger partial charge on any atom is -0.430 e. The van der Waals surface area contributed by atoms with E-state index >= 15 is 0 Å². The quantitative estimate of drug-likeness (QED) is 0.439. The summed E-state index contributed by atoms with van der Waals surface area (Å²) in [4.78, 5) is 0. The predicted molar refractivity (Wildman–Crippen MR) is 98.7 cm³/mol. The minimum atomic E-state index is -5.76. The lowest BCUT2D eigenvalue weighted by Gasteiger charge is -2.26. The molecule has 1 saturated carbocycles. The lowest BCUT2D eigenvalue weighted by molar-refractivity contribution is -0.304. The largest absolute Gasteiger partial charge is 0.439 e. The molecule has 0 bridgehead atoms. The van der Waals surface area contributed by atoms with Crippen molar-refractivity contribution in [1.82, 2.24) is 0 Å². The van der Waals surface area contributed by atoms with E-state index in [1.54, 1.807) is 6.07 Å². The lowest BCUT2D eigenvalue weighted by atomic mass is 9.79. The van der Waals surface area contributed by atoms with Crippen LogP contribution in [0.2, 0.25) is 0 Å². The van der Waals surface area contributed by atoms with E-state index in [0.717, 1.165) is 43.4 Å². The molecule has 1 aliphatic rings. The van der Waals surface area contributed by atoms with Gasteiger partial charge in [0.1, 0.15) is 11.6 Å². The summed E-state index contributed by atoms with van der Waals surface area (Å²) < 4.78 is 94.8. The molecule has 2 aromatic rings. The van der Waals surface area contributed by atoms with Crippen molar-refractivity contribution in [2.45, 2.75) is 57.0 Å². The fraction of sp³-hybridized carbons (Fsp3) is 0.455. The summed E-state index contributed by atoms with van der Waals surface area (Å²) in [6, 6.07) is 9.23. The molecule has 3 rings (SSSR count). The van der Waals surface area contributed by atoms with Gasteiger partial charge in [0, 0.05) is 5.56 Å². The molecule has 1 fully saturated rings. The number of halogens is 7. The molecule has 30 heavy (non-hydrogen) atoms. The van der Waals surface area contributed by atoms with E-state index in [1.165, 1.54) is 18.2 Å². The number of benzene rings is 2. The van der Waals surface area contributed by atoms with Crippen molar-refractivity contribution < 1.29 is 35.5 Å². The van der Waals surface area contributed by atoms with E-state index in [-0.39, 0.29) is 5.56 Å². The Kier molecular flexibility index (Phi) is 6.34. The normalized spacial score (nSPS) is 21.3. The van der Waals surface area contributed by atoms with Gasteiger partial charge >= 0.3 is 12.3 Å². The van der Waals surface area contributed by atoms with E-state index in [1.807, 2.05) is 6.07 Å². The second kappa shape index (κ2) is 8.47. The molecule has 8 heteroatoms. The van der Waals surface area contributed by atoms with Crippen molar-refractivity contribution in [3.63, 3.8) is 0 Å². The van der Waals surface area contributed by atoms with E-state index in [0.29, 0.717) is 17.4 Å². The van der Waals surface area contributed by atoms with E-state index in [2.05, 4.69) is 11.7 Å². The molecule has 164 valence electrons. The molecule has 0 aliphatic heterocycles. The fourth-order valence-corrected chi connectivity index (χ4v) is 3.71. The van der Waals surface area contributed by atoms with Gasteiger partial charge in [-0.05, 0) is 54.0 Å². The lowest BCUT2D eigenvalue weighted by Crippen LogP contribution is -2.45. The Morgan fingerprint density at radius 2 is 1.50 bits per heavy atom. The fourth-order valence-electron chi connectivity index (χ4n) is 3.71. The number of hydrogen-bond donors (Lipinski definition) is 0. The highest BCUT2D eigenvalue weighted by molar-refractivity contribution is 5.65. The van der Waals surface area contributed by atoms with Gasteiger partial charge in [0.05, 0.1) is 0 Å². The molecule has 0 N–H and O–H groups in total. The zero-order valence-corrected chi connectivity index (χ0v) is 16.2. The number of hydrogen-bond acceptors (Lipinski definition) is 1. The Labute approximate surface area is 169 Å². The molecule has 0 heterocycles. The van der Waals surface area contributed by atoms with Crippen LogP contribution in [-0.4, -0.2) is 18.5 Å². The highest BCUT2D eigenvalue weighted by Crippen LogP contribution is 2.38. The molecule has 0 radical (unpaired) electrons. The van der Waals surface area contributed by atoms with Crippen LogP contribution in [0.1, 0.15) is 44.1 Å². The zero-order valence-electron chi connectivity index (χ0n) is 16.2. The Balaban J connectivity index is 1.73. The second-order valence-corrected chi connectivity index (χ2v) is 7.79. The molecule has 1 aliphatic carbocycles. The Morgan fingerprint density at radius 1 is 0.900 bits per heavy atom. The zero-order chi connectivity index (χ0) is 22.1. The van der Waals surface area contributed by atoms with Gasteiger partial charge in [0.25, 0.3) is 6.17 Å². The monoisotopic (exact) mass is 434 g/mol. The maximum absolute atomic E-state index is 14.7. The van der Waals surface area contributed by atoms with Gasteiger partial charge < -0.3 is 4.74 Å². The number of alkyl halides is 6. The van der Waals surface area contributed by atoms with Crippen molar-refractivity contribution in [3.05, 3.63) is 53.8 Å². The van der Waals surface area contributed by atoms with Gasteiger partial charge in [-0.2, -0.15) is 22.0 Å². The van der Waals surface area contributed by atoms with Gasteiger partial charge in [0.2, 0.25) is 0 Å². The third kappa shape index (κ3) is 5.08. The van der Waals surface area contributed by atoms with E-state index in [9.17, 15) is 30.7 Å². The van der Waals surface area contributed by atoms with Crippen molar-refractivity contribution >= 4 is 0 Å².